The Morgan fingerprint density at radius 2 is 1.88 bits per heavy atom. The van der Waals surface area contributed by atoms with Crippen LogP contribution in [0.3, 0.4) is 0 Å². The summed E-state index contributed by atoms with van der Waals surface area (Å²) in [4.78, 5) is 12.8. The van der Waals surface area contributed by atoms with Gasteiger partial charge in [0.25, 0.3) is 5.91 Å². The summed E-state index contributed by atoms with van der Waals surface area (Å²) in [7, 11) is -3.19. The maximum absolute atomic E-state index is 12.4. The van der Waals surface area contributed by atoms with Crippen LogP contribution in [0.4, 0.5) is 5.69 Å². The summed E-state index contributed by atoms with van der Waals surface area (Å²) >= 11 is 0. The van der Waals surface area contributed by atoms with E-state index in [1.807, 2.05) is 0 Å². The minimum atomic E-state index is -3.19. The van der Waals surface area contributed by atoms with Gasteiger partial charge in [-0.25, -0.2) is 8.42 Å². The fourth-order valence-electron chi connectivity index (χ4n) is 2.96. The van der Waals surface area contributed by atoms with Crippen molar-refractivity contribution in [3.05, 3.63) is 47.5 Å². The van der Waals surface area contributed by atoms with E-state index in [0.717, 1.165) is 5.56 Å². The number of benzene rings is 2. The molecule has 0 saturated heterocycles. The largest absolute Gasteiger partial charge is 0.454 e. The van der Waals surface area contributed by atoms with Crippen LogP contribution in [0.5, 0.6) is 11.5 Å². The smallest absolute Gasteiger partial charge is 0.255 e. The molecular weight excluding hydrogens is 330 g/mol. The molecule has 0 bridgehead atoms. The Labute approximate surface area is 139 Å². The molecule has 0 aliphatic carbocycles. The predicted molar refractivity (Wildman–Crippen MR) is 87.3 cm³/mol. The first-order valence-corrected chi connectivity index (χ1v) is 9.25. The van der Waals surface area contributed by atoms with Gasteiger partial charge in [0.15, 0.2) is 21.3 Å². The summed E-state index contributed by atoms with van der Waals surface area (Å²) < 4.78 is 34.5. The minimum absolute atomic E-state index is 0.152. The molecule has 2 aromatic carbocycles. The summed E-state index contributed by atoms with van der Waals surface area (Å²) in [5.74, 6) is 1.06. The molecule has 4 rings (SSSR count). The van der Waals surface area contributed by atoms with Crippen LogP contribution in [0.25, 0.3) is 0 Å². The van der Waals surface area contributed by atoms with Crippen LogP contribution in [-0.2, 0) is 16.3 Å². The van der Waals surface area contributed by atoms with Crippen LogP contribution in [0, 0.1) is 0 Å². The lowest BCUT2D eigenvalue weighted by Gasteiger charge is -2.17. The second-order valence-corrected chi connectivity index (χ2v) is 7.84. The van der Waals surface area contributed by atoms with Crippen LogP contribution in [0.2, 0.25) is 0 Å². The summed E-state index contributed by atoms with van der Waals surface area (Å²) in [5, 5.41) is 2.80. The van der Waals surface area contributed by atoms with Gasteiger partial charge in [-0.15, -0.1) is 0 Å². The highest BCUT2D eigenvalue weighted by Crippen LogP contribution is 2.33. The fourth-order valence-corrected chi connectivity index (χ4v) is 4.54. The van der Waals surface area contributed by atoms with E-state index < -0.39 is 9.84 Å². The molecule has 1 N–H and O–H groups in total. The maximum Gasteiger partial charge on any atom is 0.255 e. The lowest BCUT2D eigenvalue weighted by atomic mass is 10.1. The SMILES string of the molecule is O=C(Nc1ccc2c(c1)CCCS2(=O)=O)c1ccc2c(c1)OCO2. The van der Waals surface area contributed by atoms with E-state index in [1.54, 1.807) is 36.4 Å². The number of aryl methyl sites for hydroxylation is 1. The van der Waals surface area contributed by atoms with Crippen molar-refractivity contribution in [2.45, 2.75) is 17.7 Å². The summed E-state index contributed by atoms with van der Waals surface area (Å²) in [6, 6.07) is 9.89. The van der Waals surface area contributed by atoms with Gasteiger partial charge in [-0.1, -0.05) is 0 Å². The van der Waals surface area contributed by atoms with Crippen LogP contribution in [0.1, 0.15) is 22.3 Å². The number of anilines is 1. The first-order chi connectivity index (χ1) is 11.5. The quantitative estimate of drug-likeness (QED) is 0.904. The van der Waals surface area contributed by atoms with Gasteiger partial charge in [0.1, 0.15) is 0 Å². The molecule has 0 radical (unpaired) electrons. The van der Waals surface area contributed by atoms with Crippen LogP contribution >= 0.6 is 0 Å². The molecule has 1 amide bonds. The molecule has 0 unspecified atom stereocenters. The molecule has 2 aliphatic rings. The Morgan fingerprint density at radius 3 is 2.75 bits per heavy atom. The molecule has 24 heavy (non-hydrogen) atoms. The van der Waals surface area contributed by atoms with E-state index in [1.165, 1.54) is 0 Å². The number of fused-ring (bicyclic) bond motifs is 2. The van der Waals surface area contributed by atoms with Gasteiger partial charge in [0.05, 0.1) is 10.6 Å². The summed E-state index contributed by atoms with van der Waals surface area (Å²) in [6.45, 7) is 0.152. The number of hydrogen-bond acceptors (Lipinski definition) is 5. The second kappa shape index (κ2) is 5.52. The summed E-state index contributed by atoms with van der Waals surface area (Å²) in [6.07, 6.45) is 1.30. The Kier molecular flexibility index (Phi) is 3.45. The number of amides is 1. The van der Waals surface area contributed by atoms with E-state index in [-0.39, 0.29) is 18.5 Å². The Hall–Kier alpha value is -2.54. The van der Waals surface area contributed by atoms with Crippen molar-refractivity contribution in [3.63, 3.8) is 0 Å². The van der Waals surface area contributed by atoms with Gasteiger partial charge in [-0.2, -0.15) is 0 Å². The monoisotopic (exact) mass is 345 g/mol. The zero-order valence-electron chi connectivity index (χ0n) is 12.7. The molecule has 0 fully saturated rings. The topological polar surface area (TPSA) is 81.7 Å². The molecule has 2 aliphatic heterocycles. The zero-order chi connectivity index (χ0) is 16.7. The molecule has 6 nitrogen and oxygen atoms in total. The molecule has 0 atom stereocenters. The number of ether oxygens (including phenoxy) is 2. The van der Waals surface area contributed by atoms with E-state index in [0.29, 0.717) is 40.5 Å². The fraction of sp³-hybridized carbons (Fsp3) is 0.235. The molecule has 2 aromatic rings. The predicted octanol–water partition coefficient (Wildman–Crippen LogP) is 2.39. The zero-order valence-corrected chi connectivity index (χ0v) is 13.6. The third kappa shape index (κ3) is 2.60. The van der Waals surface area contributed by atoms with Gasteiger partial charge in [0.2, 0.25) is 6.79 Å². The van der Waals surface area contributed by atoms with Crippen LogP contribution in [-0.4, -0.2) is 26.9 Å². The number of nitrogens with one attached hydrogen (secondary N) is 1. The standard InChI is InChI=1S/C17H15NO5S/c19-17(12-3-5-14-15(9-12)23-10-22-14)18-13-4-6-16-11(8-13)2-1-7-24(16,20)21/h3-6,8-9H,1-2,7,10H2,(H,18,19). The minimum Gasteiger partial charge on any atom is -0.454 e. The van der Waals surface area contributed by atoms with Crippen molar-refractivity contribution in [2.75, 3.05) is 17.9 Å². The highest BCUT2D eigenvalue weighted by atomic mass is 32.2. The van der Waals surface area contributed by atoms with Gasteiger partial charge >= 0.3 is 0 Å². The first kappa shape index (κ1) is 15.0. The number of carbonyl (C=O) groups is 1. The molecule has 124 valence electrons. The lowest BCUT2D eigenvalue weighted by Crippen LogP contribution is -2.17. The van der Waals surface area contributed by atoms with E-state index in [2.05, 4.69) is 5.32 Å². The van der Waals surface area contributed by atoms with Crippen molar-refractivity contribution in [1.82, 2.24) is 0 Å². The van der Waals surface area contributed by atoms with Crippen LogP contribution < -0.4 is 14.8 Å². The van der Waals surface area contributed by atoms with Gasteiger partial charge in [0, 0.05) is 11.3 Å². The molecule has 2 heterocycles. The highest BCUT2D eigenvalue weighted by molar-refractivity contribution is 7.91. The van der Waals surface area contributed by atoms with Crippen molar-refractivity contribution in [1.29, 1.82) is 0 Å². The second-order valence-electron chi connectivity index (χ2n) is 5.77. The van der Waals surface area contributed by atoms with Crippen LogP contribution in [0.15, 0.2) is 41.3 Å². The van der Waals surface area contributed by atoms with E-state index >= 15 is 0 Å². The van der Waals surface area contributed by atoms with E-state index in [4.69, 9.17) is 9.47 Å². The summed E-state index contributed by atoms with van der Waals surface area (Å²) in [5.41, 5.74) is 1.78. The van der Waals surface area contributed by atoms with Gasteiger partial charge in [-0.3, -0.25) is 4.79 Å². The van der Waals surface area contributed by atoms with Crippen molar-refractivity contribution < 1.29 is 22.7 Å². The number of hydrogen-bond donors (Lipinski definition) is 1. The van der Waals surface area contributed by atoms with Crippen molar-refractivity contribution in [3.8, 4) is 11.5 Å². The molecule has 0 saturated carbocycles. The average molecular weight is 345 g/mol. The average Bonchev–Trinajstić information content (AvgIpc) is 3.02. The third-order valence-electron chi connectivity index (χ3n) is 4.15. The Balaban J connectivity index is 1.58. The molecule has 0 spiro atoms. The van der Waals surface area contributed by atoms with Gasteiger partial charge in [-0.05, 0) is 54.8 Å². The third-order valence-corrected chi connectivity index (χ3v) is 6.04. The maximum atomic E-state index is 12.4. The molecule has 0 aromatic heterocycles. The Morgan fingerprint density at radius 1 is 1.04 bits per heavy atom. The molecule has 7 heteroatoms. The van der Waals surface area contributed by atoms with E-state index in [9.17, 15) is 13.2 Å². The molecular formula is C17H15NO5S. The Bertz CT molecular complexity index is 936. The number of sulfone groups is 1. The van der Waals surface area contributed by atoms with Crippen molar-refractivity contribution >= 4 is 21.4 Å². The van der Waals surface area contributed by atoms with Gasteiger partial charge < -0.3 is 14.8 Å². The lowest BCUT2D eigenvalue weighted by molar-refractivity contribution is 0.102. The first-order valence-electron chi connectivity index (χ1n) is 7.60. The number of rotatable bonds is 2. The normalized spacial score (nSPS) is 17.2. The number of carbonyl (C=O) groups excluding carboxylic acids is 1. The highest BCUT2D eigenvalue weighted by Gasteiger charge is 2.24. The van der Waals surface area contributed by atoms with Crippen molar-refractivity contribution in [2.24, 2.45) is 0 Å².